The van der Waals surface area contributed by atoms with Gasteiger partial charge in [0.15, 0.2) is 0 Å². The highest BCUT2D eigenvalue weighted by atomic mass is 32.2. The van der Waals surface area contributed by atoms with E-state index in [1.54, 1.807) is 38.1 Å². The summed E-state index contributed by atoms with van der Waals surface area (Å²) in [4.78, 5) is 273. The molecule has 0 spiro atoms. The van der Waals surface area contributed by atoms with Crippen LogP contribution in [-0.4, -0.2) is 270 Å². The molecule has 19 N–H and O–H groups in total. The quantitative estimate of drug-likeness (QED) is 0.0459. The number of primary amides is 2. The number of aromatic nitrogens is 1. The Bertz CT molecular complexity index is 4250. The maximum absolute atomic E-state index is 15.3. The number of fused-ring (bicyclic) bond motifs is 8. The zero-order valence-corrected chi connectivity index (χ0v) is 69.1. The van der Waals surface area contributed by atoms with Crippen LogP contribution in [0, 0.1) is 11.7 Å². The number of amides is 17. The molecule has 39 nitrogen and oxygen atoms in total. The van der Waals surface area contributed by atoms with Crippen molar-refractivity contribution in [3.8, 4) is 0 Å². The number of nitrogens with zero attached hydrogens (tertiary/aromatic N) is 3. The second kappa shape index (κ2) is 49.1. The number of thioether (sulfide) groups is 3. The number of nitrogens with two attached hydrogens (primary N) is 2. The first-order chi connectivity index (χ1) is 57.0. The summed E-state index contributed by atoms with van der Waals surface area (Å²) in [7, 11) is 0. The summed E-state index contributed by atoms with van der Waals surface area (Å²) in [5.74, 6) is -22.3. The maximum Gasteiger partial charge on any atom is 0.305 e. The second-order valence-electron chi connectivity index (χ2n) is 29.0. The molecule has 0 unspecified atom stereocenters. The van der Waals surface area contributed by atoms with E-state index in [0.717, 1.165) is 59.2 Å². The first kappa shape index (κ1) is 97.2. The van der Waals surface area contributed by atoms with E-state index >= 15 is 9.59 Å². The Morgan fingerprint density at radius 3 is 1.53 bits per heavy atom. The van der Waals surface area contributed by atoms with Gasteiger partial charge in [-0.15, -0.1) is 13.2 Å². The van der Waals surface area contributed by atoms with E-state index in [9.17, 15) is 96.1 Å². The molecule has 2 aromatic carbocycles. The molecule has 1 aromatic heterocycles. The Kier molecular flexibility index (Phi) is 39.7. The van der Waals surface area contributed by atoms with Crippen molar-refractivity contribution in [1.29, 1.82) is 0 Å². The van der Waals surface area contributed by atoms with Gasteiger partial charge in [-0.25, -0.2) is 4.39 Å². The molecule has 0 radical (unpaired) electrons. The lowest BCUT2D eigenvalue weighted by Crippen LogP contribution is -2.61. The molecule has 11 atom stereocenters. The van der Waals surface area contributed by atoms with Crippen LogP contribution in [0.25, 0.3) is 10.9 Å². The lowest BCUT2D eigenvalue weighted by Gasteiger charge is -2.42. The smallest absolute Gasteiger partial charge is 0.305 e. The Labute approximate surface area is 703 Å². The van der Waals surface area contributed by atoms with Gasteiger partial charge in [0.25, 0.3) is 0 Å². The first-order valence-corrected chi connectivity index (χ1v) is 42.2. The van der Waals surface area contributed by atoms with Crippen LogP contribution in [0.15, 0.2) is 80.0 Å². The summed E-state index contributed by atoms with van der Waals surface area (Å²) in [6.07, 6.45) is -1.65. The van der Waals surface area contributed by atoms with Crippen LogP contribution in [0.3, 0.4) is 0 Å². The molecule has 0 aliphatic carbocycles. The number of aliphatic carboxylic acids is 2. The van der Waals surface area contributed by atoms with Crippen LogP contribution in [0.2, 0.25) is 0 Å². The van der Waals surface area contributed by atoms with Gasteiger partial charge in [0.2, 0.25) is 100 Å². The van der Waals surface area contributed by atoms with Crippen molar-refractivity contribution >= 4 is 159 Å². The van der Waals surface area contributed by atoms with Gasteiger partial charge in [0.05, 0.1) is 33.0 Å². The average Bonchev–Trinajstić information content (AvgIpc) is 1.67. The van der Waals surface area contributed by atoms with Gasteiger partial charge in [0.1, 0.15) is 72.3 Å². The lowest BCUT2D eigenvalue weighted by atomic mass is 10.0. The molecular formula is C77H105FN18O21S3. The van der Waals surface area contributed by atoms with Crippen LogP contribution in [-0.2, 0) is 104 Å². The average molecular weight is 1730 g/mol. The van der Waals surface area contributed by atoms with E-state index in [2.05, 4.69) is 81.9 Å². The normalized spacial score (nSPS) is 24.0. The van der Waals surface area contributed by atoms with Crippen molar-refractivity contribution in [2.45, 2.75) is 184 Å². The molecule has 3 aliphatic rings. The van der Waals surface area contributed by atoms with Crippen LogP contribution in [0.5, 0.6) is 0 Å². The van der Waals surface area contributed by atoms with Gasteiger partial charge >= 0.3 is 11.9 Å². The van der Waals surface area contributed by atoms with Crippen LogP contribution < -0.4 is 75.3 Å². The Morgan fingerprint density at radius 2 is 1.00 bits per heavy atom. The lowest BCUT2D eigenvalue weighted by molar-refractivity contribution is -0.158. The van der Waals surface area contributed by atoms with Gasteiger partial charge in [-0.2, -0.15) is 35.3 Å². The van der Waals surface area contributed by atoms with Gasteiger partial charge in [-0.3, -0.25) is 91.1 Å². The number of carboxylic acid groups (broad SMARTS) is 2. The van der Waals surface area contributed by atoms with E-state index < -0.39 is 261 Å². The van der Waals surface area contributed by atoms with Crippen molar-refractivity contribution in [3.05, 3.63) is 97.0 Å². The van der Waals surface area contributed by atoms with E-state index in [-0.39, 0.29) is 86.6 Å². The third-order valence-electron chi connectivity index (χ3n) is 19.0. The number of halogens is 1. The number of benzene rings is 2. The Morgan fingerprint density at radius 1 is 0.533 bits per heavy atom. The molecule has 120 heavy (non-hydrogen) atoms. The number of allylic oxidation sites excluding steroid dienone is 2. The van der Waals surface area contributed by atoms with Gasteiger partial charge < -0.3 is 105 Å². The highest BCUT2D eigenvalue weighted by Gasteiger charge is 2.39. The third kappa shape index (κ3) is 32.6. The number of rotatable bonds is 22. The van der Waals surface area contributed by atoms with Crippen molar-refractivity contribution in [2.75, 3.05) is 61.1 Å². The molecule has 6 rings (SSSR count). The van der Waals surface area contributed by atoms with Crippen LogP contribution in [0.4, 0.5) is 4.39 Å². The Hall–Kier alpha value is -11.6. The zero-order chi connectivity index (χ0) is 88.3. The molecule has 654 valence electrons. The largest absolute Gasteiger partial charge is 0.481 e. The first-order valence-electron chi connectivity index (χ1n) is 38.7. The van der Waals surface area contributed by atoms with Gasteiger partial charge in [0, 0.05) is 103 Å². The molecule has 4 bridgehead atoms. The fourth-order valence-corrected chi connectivity index (χ4v) is 15.5. The SMILES string of the molecule is C=CCC[C@@H]1NC(=O)[C@H](Cc2c[nH]c3ccccc23)NC(=O)[C@@H]2CSCCC(=O)N3CN(CN(C3)C(=O)CCSC[C@H](NC(C)=O)C(=O)N[C@@H](CCC(N)=O)C(=O)N[C@@H](CCC=C)C(=O)N[C@@H](CC(C)C)C(=O)N[C@@H](CCC(=O)O)C(=O)N[C@@H](CC(=O)O)C(=O)N2)C(=O)CCSC[C@@H](C(N)=O)NC(=O)[C@H](Cc2ccc(F)cc2)NC(=O)CNC1=O. The van der Waals surface area contributed by atoms with Crippen molar-refractivity contribution in [1.82, 2.24) is 83.5 Å². The number of carboxylic acids is 2. The minimum Gasteiger partial charge on any atom is -0.481 e. The second-order valence-corrected chi connectivity index (χ2v) is 32.5. The minimum absolute atomic E-state index is 0.0422. The highest BCUT2D eigenvalue weighted by molar-refractivity contribution is 7.99. The number of carbonyl (C=O) groups is 19. The summed E-state index contributed by atoms with van der Waals surface area (Å²) in [5.41, 5.74) is 12.6. The Balaban J connectivity index is 1.49. The highest BCUT2D eigenvalue weighted by Crippen LogP contribution is 2.23. The summed E-state index contributed by atoms with van der Waals surface area (Å²) >= 11 is 2.82. The molecule has 43 heteroatoms. The molecule has 3 aromatic rings. The third-order valence-corrected chi connectivity index (χ3v) is 22.2. The summed E-state index contributed by atoms with van der Waals surface area (Å²) in [6.45, 7) is 9.72. The predicted octanol–water partition coefficient (Wildman–Crippen LogP) is -2.60. The molecule has 17 amide bonds. The number of hydrogen-bond donors (Lipinski definition) is 17. The minimum atomic E-state index is -2.19. The van der Waals surface area contributed by atoms with Crippen LogP contribution >= 0.6 is 35.3 Å². The topological polar surface area (TPSA) is 587 Å². The zero-order valence-electron chi connectivity index (χ0n) is 66.6. The molecule has 4 heterocycles. The fraction of sp³-hybridized carbons (Fsp3) is 0.519. The van der Waals surface area contributed by atoms with Crippen LogP contribution in [0.1, 0.15) is 115 Å². The fourth-order valence-electron chi connectivity index (χ4n) is 12.7. The molecule has 3 fully saturated rings. The number of carbonyl (C=O) groups excluding carboxylic acids is 17. The van der Waals surface area contributed by atoms with Crippen molar-refractivity contribution in [2.24, 2.45) is 17.4 Å². The number of hydrogen-bond acceptors (Lipinski definition) is 22. The molecular weight excluding hydrogens is 1630 g/mol. The molecule has 3 saturated heterocycles. The monoisotopic (exact) mass is 1730 g/mol. The summed E-state index contributed by atoms with van der Waals surface area (Å²) < 4.78 is 14.2. The van der Waals surface area contributed by atoms with Crippen molar-refractivity contribution < 1.29 is 106 Å². The molecule has 0 saturated carbocycles. The summed E-state index contributed by atoms with van der Waals surface area (Å²) in [5, 5.41) is 50.7. The predicted molar refractivity (Wildman–Crippen MR) is 438 cm³/mol. The molecule has 3 aliphatic heterocycles. The van der Waals surface area contributed by atoms with Gasteiger partial charge in [-0.05, 0) is 80.2 Å². The number of para-hydroxylation sites is 1. The van der Waals surface area contributed by atoms with Gasteiger partial charge in [-0.1, -0.05) is 56.3 Å². The van der Waals surface area contributed by atoms with E-state index in [1.807, 2.05) is 0 Å². The summed E-state index contributed by atoms with van der Waals surface area (Å²) in [6, 6.07) is -6.78. The standard InChI is InChI=1S/C77H105FN18O21S3/c1-6-8-13-49-68(108)82-35-61(99)84-54(31-44-16-18-46(78)19-17-44)73(113)92-57(67(80)107)36-118-27-24-62(100)94-39-95-41-96(40-94)64(102)26-29-120-38-59(77(117)90-55(74(114)85-49)32-45-34-81-48-15-11-10-12-47(45)48)93-75(115)56(33-66(105)106)91-71(111)52(21-23-65(103)104)87-72(112)53(30-42(3)4)89-69(109)50(14-9-7-2)86-70(110)51(20-22-60(79)98)88-76(116)58(83-43(5)97)37-119-28-25-63(95)101/h6-7,10-12,15-19,34,42,49-59,81H,1-2,8-9,13-14,20-33,35-41H2,3-5H3,(H2,79,98)(H2,80,107)(H,82,108)(H,83,97)(H,84,99)(H,85,114)(H,86,110)(H,87,112)(H,88,116)(H,89,109)(H,90,117)(H,91,111)(H,92,113)(H,93,115)(H,103,104)(H,105,106)/t49-,50-,51-,52-,53-,54-,55-,56-,57-,58-,59-/m0/s1. The number of aromatic amines is 1. The maximum atomic E-state index is 15.3. The van der Waals surface area contributed by atoms with Crippen molar-refractivity contribution in [3.63, 3.8) is 0 Å². The van der Waals surface area contributed by atoms with E-state index in [0.29, 0.717) is 22.0 Å². The van der Waals surface area contributed by atoms with E-state index in [1.165, 1.54) is 40.3 Å². The van der Waals surface area contributed by atoms with E-state index in [4.69, 9.17) is 11.5 Å². The number of H-pyrrole nitrogens is 1. The number of nitrogens with one attached hydrogen (secondary N) is 13.